The molecule has 3 aromatic rings. The maximum Gasteiger partial charge on any atom is 0.490 e. The van der Waals surface area contributed by atoms with E-state index in [-0.39, 0.29) is 29.3 Å². The number of hydrogen-bond donors (Lipinski definition) is 2. The molecule has 6 rings (SSSR count). The van der Waals surface area contributed by atoms with Crippen LogP contribution in [0.15, 0.2) is 55.0 Å². The Morgan fingerprint density at radius 3 is 2.24 bits per heavy atom. The number of pyridine rings is 1. The first-order chi connectivity index (χ1) is 21.3. The number of carboxylic acid groups (broad SMARTS) is 1. The van der Waals surface area contributed by atoms with Crippen LogP contribution in [-0.2, 0) is 9.59 Å². The molecule has 2 amide bonds. The number of amides is 2. The highest BCUT2D eigenvalue weighted by molar-refractivity contribution is 5.96. The third-order valence-electron chi connectivity index (χ3n) is 8.32. The second kappa shape index (κ2) is 12.9. The number of nitrogens with zero attached hydrogens (tertiary/aromatic N) is 4. The number of carbonyl (C=O) groups excluding carboxylic acids is 2. The molecule has 2 saturated heterocycles. The number of carbonyl (C=O) groups is 3. The van der Waals surface area contributed by atoms with Crippen molar-refractivity contribution in [3.05, 3.63) is 77.6 Å². The second-order valence-electron chi connectivity index (χ2n) is 11.5. The Bertz CT molecular complexity index is 1540. The maximum absolute atomic E-state index is 13.8. The molecule has 1 saturated carbocycles. The van der Waals surface area contributed by atoms with Crippen LogP contribution >= 0.6 is 0 Å². The van der Waals surface area contributed by atoms with Gasteiger partial charge in [-0.25, -0.2) is 14.2 Å². The van der Waals surface area contributed by atoms with E-state index in [1.807, 2.05) is 30.0 Å². The minimum atomic E-state index is -5.08. The number of fused-ring (bicyclic) bond motifs is 1. The van der Waals surface area contributed by atoms with Crippen molar-refractivity contribution in [2.24, 2.45) is 11.8 Å². The van der Waals surface area contributed by atoms with Crippen molar-refractivity contribution in [1.82, 2.24) is 19.4 Å². The van der Waals surface area contributed by atoms with Crippen LogP contribution in [-0.4, -0.2) is 81.7 Å². The van der Waals surface area contributed by atoms with Crippen molar-refractivity contribution in [1.29, 1.82) is 0 Å². The van der Waals surface area contributed by atoms with Crippen molar-refractivity contribution in [3.8, 4) is 5.75 Å². The number of benzene rings is 1. The average Bonchev–Trinajstić information content (AvgIpc) is 3.40. The molecule has 3 aliphatic rings. The molecule has 14 heteroatoms. The molecular weight excluding hydrogens is 598 g/mol. The molecule has 240 valence electrons. The van der Waals surface area contributed by atoms with Gasteiger partial charge in [0.05, 0.1) is 13.3 Å². The van der Waals surface area contributed by atoms with E-state index in [2.05, 4.69) is 38.2 Å². The van der Waals surface area contributed by atoms with Crippen LogP contribution in [0.3, 0.4) is 0 Å². The van der Waals surface area contributed by atoms with Gasteiger partial charge >= 0.3 is 12.1 Å². The topological polar surface area (TPSA) is 117 Å². The minimum Gasteiger partial charge on any atom is -0.497 e. The number of rotatable bonds is 7. The number of aryl methyl sites for hydroxylation is 1. The third kappa shape index (κ3) is 7.44. The first kappa shape index (κ1) is 31.9. The lowest BCUT2D eigenvalue weighted by atomic mass is 10.0. The summed E-state index contributed by atoms with van der Waals surface area (Å²) < 4.78 is 52.5. The van der Waals surface area contributed by atoms with Crippen LogP contribution in [0.2, 0.25) is 0 Å². The van der Waals surface area contributed by atoms with Crippen LogP contribution in [0.5, 0.6) is 5.75 Å². The van der Waals surface area contributed by atoms with Crippen LogP contribution < -0.4 is 10.1 Å². The fourth-order valence-electron chi connectivity index (χ4n) is 5.89. The summed E-state index contributed by atoms with van der Waals surface area (Å²) >= 11 is 0. The molecule has 1 aromatic carbocycles. The zero-order valence-electron chi connectivity index (χ0n) is 24.6. The molecule has 0 radical (unpaired) electrons. The zero-order chi connectivity index (χ0) is 32.5. The summed E-state index contributed by atoms with van der Waals surface area (Å²) in [6.07, 6.45) is 2.55. The normalized spacial score (nSPS) is 20.2. The summed E-state index contributed by atoms with van der Waals surface area (Å²) in [6.45, 7) is 4.61. The first-order valence-corrected chi connectivity index (χ1v) is 14.4. The van der Waals surface area contributed by atoms with Gasteiger partial charge in [-0.1, -0.05) is 0 Å². The van der Waals surface area contributed by atoms with Crippen molar-refractivity contribution in [3.63, 3.8) is 0 Å². The van der Waals surface area contributed by atoms with Gasteiger partial charge in [-0.3, -0.25) is 14.5 Å². The highest BCUT2D eigenvalue weighted by atomic mass is 19.4. The van der Waals surface area contributed by atoms with Gasteiger partial charge in [0.25, 0.3) is 5.91 Å². The highest BCUT2D eigenvalue weighted by Crippen LogP contribution is 2.39. The van der Waals surface area contributed by atoms with Gasteiger partial charge in [0.15, 0.2) is 0 Å². The Labute approximate surface area is 256 Å². The van der Waals surface area contributed by atoms with E-state index in [0.29, 0.717) is 19.1 Å². The van der Waals surface area contributed by atoms with Gasteiger partial charge in [-0.2, -0.15) is 13.2 Å². The average molecular weight is 632 g/mol. The molecule has 3 atom stereocenters. The first-order valence-electron chi connectivity index (χ1n) is 14.4. The predicted octanol–water partition coefficient (Wildman–Crippen LogP) is 4.69. The smallest absolute Gasteiger partial charge is 0.490 e. The molecule has 45 heavy (non-hydrogen) atoms. The SMILES string of the molecule is COc1ccc(NC(=O)C(c2ccn(C3CC3)c2)N2CC3CN(C(=O)c4ccc(F)cn4)CC3C2)c(C)c1.O=C(O)C(F)(F)F. The summed E-state index contributed by atoms with van der Waals surface area (Å²) in [5, 5.41) is 10.3. The summed E-state index contributed by atoms with van der Waals surface area (Å²) in [7, 11) is 1.63. The fourth-order valence-corrected chi connectivity index (χ4v) is 5.89. The molecule has 2 N–H and O–H groups in total. The van der Waals surface area contributed by atoms with Crippen molar-refractivity contribution in [2.45, 2.75) is 38.0 Å². The Kier molecular flexibility index (Phi) is 9.14. The lowest BCUT2D eigenvalue weighted by Gasteiger charge is -2.28. The number of aromatic nitrogens is 2. The Balaban J connectivity index is 0.000000515. The molecule has 1 aliphatic carbocycles. The Morgan fingerprint density at radius 1 is 1.04 bits per heavy atom. The van der Waals surface area contributed by atoms with E-state index in [4.69, 9.17) is 14.6 Å². The standard InChI is InChI=1S/C29H32FN5O3.C2HF3O2/c1-18-11-24(38-2)6-8-25(18)32-28(36)27(19-9-10-33(13-19)23-4-5-23)34-14-20-16-35(17-21(20)15-34)29(37)26-7-3-22(30)12-31-26;3-2(4,5)1(6)7/h3,6-13,20-21,23,27H,4-5,14-17H2,1-2H3,(H,32,36);(H,6,7). The predicted molar refractivity (Wildman–Crippen MR) is 154 cm³/mol. The maximum atomic E-state index is 13.8. The molecule has 10 nitrogen and oxygen atoms in total. The summed E-state index contributed by atoms with van der Waals surface area (Å²) in [4.78, 5) is 43.7. The van der Waals surface area contributed by atoms with E-state index >= 15 is 0 Å². The lowest BCUT2D eigenvalue weighted by Crippen LogP contribution is -2.39. The minimum absolute atomic E-state index is 0.0600. The van der Waals surface area contributed by atoms with Gasteiger partial charge in [-0.15, -0.1) is 0 Å². The van der Waals surface area contributed by atoms with E-state index < -0.39 is 24.0 Å². The molecule has 2 aliphatic heterocycles. The Hall–Kier alpha value is -4.46. The number of ether oxygens (including phenoxy) is 1. The number of anilines is 1. The van der Waals surface area contributed by atoms with Crippen LogP contribution in [0.1, 0.15) is 46.5 Å². The molecule has 3 fully saturated rings. The number of halogens is 4. The van der Waals surface area contributed by atoms with E-state index in [1.165, 1.54) is 25.0 Å². The molecule has 0 spiro atoms. The summed E-state index contributed by atoms with van der Waals surface area (Å²) in [6, 6.07) is 10.5. The molecule has 2 aromatic heterocycles. The summed E-state index contributed by atoms with van der Waals surface area (Å²) in [5.41, 5.74) is 2.96. The second-order valence-corrected chi connectivity index (χ2v) is 11.5. The lowest BCUT2D eigenvalue weighted by molar-refractivity contribution is -0.192. The number of carboxylic acids is 1. The number of alkyl halides is 3. The number of nitrogens with one attached hydrogen (secondary N) is 1. The highest BCUT2D eigenvalue weighted by Gasteiger charge is 2.45. The van der Waals surface area contributed by atoms with Gasteiger partial charge in [0.2, 0.25) is 5.91 Å². The fraction of sp³-hybridized carbons (Fsp3) is 0.419. The van der Waals surface area contributed by atoms with E-state index in [0.717, 1.165) is 41.9 Å². The zero-order valence-corrected chi connectivity index (χ0v) is 24.6. The molecule has 0 bridgehead atoms. The quantitative estimate of drug-likeness (QED) is 0.364. The van der Waals surface area contributed by atoms with Gasteiger partial charge < -0.3 is 24.6 Å². The van der Waals surface area contributed by atoms with Crippen molar-refractivity contribution in [2.75, 3.05) is 38.6 Å². The summed E-state index contributed by atoms with van der Waals surface area (Å²) in [5.74, 6) is -2.16. The van der Waals surface area contributed by atoms with Crippen molar-refractivity contribution < 1.29 is 41.8 Å². The van der Waals surface area contributed by atoms with Crippen LogP contribution in [0.25, 0.3) is 0 Å². The number of aliphatic carboxylic acids is 1. The van der Waals surface area contributed by atoms with Crippen LogP contribution in [0, 0.1) is 24.6 Å². The molecule has 4 heterocycles. The molecular formula is C31H33F4N5O5. The van der Waals surface area contributed by atoms with Gasteiger partial charge in [0, 0.05) is 50.3 Å². The molecule has 3 unspecified atom stereocenters. The van der Waals surface area contributed by atoms with Gasteiger partial charge in [0.1, 0.15) is 23.3 Å². The largest absolute Gasteiger partial charge is 0.497 e. The monoisotopic (exact) mass is 631 g/mol. The van der Waals surface area contributed by atoms with Gasteiger partial charge in [-0.05, 0) is 79.1 Å². The number of hydrogen-bond acceptors (Lipinski definition) is 6. The van der Waals surface area contributed by atoms with E-state index in [1.54, 1.807) is 7.11 Å². The van der Waals surface area contributed by atoms with Crippen LogP contribution in [0.4, 0.5) is 23.2 Å². The number of likely N-dealkylation sites (tertiary alicyclic amines) is 2. The number of methoxy groups -OCH3 is 1. The third-order valence-corrected chi connectivity index (χ3v) is 8.32. The van der Waals surface area contributed by atoms with E-state index in [9.17, 15) is 27.2 Å². The Morgan fingerprint density at radius 2 is 1.71 bits per heavy atom. The van der Waals surface area contributed by atoms with Crippen molar-refractivity contribution >= 4 is 23.5 Å².